The molecular formula is C16H22BrN3. The highest BCUT2D eigenvalue weighted by Gasteiger charge is 2.22. The molecule has 1 aliphatic heterocycles. The van der Waals surface area contributed by atoms with Gasteiger partial charge in [-0.1, -0.05) is 29.8 Å². The van der Waals surface area contributed by atoms with Crippen LogP contribution in [-0.2, 0) is 0 Å². The summed E-state index contributed by atoms with van der Waals surface area (Å²) in [6.07, 6.45) is 2.47. The molecule has 1 unspecified atom stereocenters. The summed E-state index contributed by atoms with van der Waals surface area (Å²) in [6, 6.07) is 8.74. The van der Waals surface area contributed by atoms with E-state index in [1.54, 1.807) is 0 Å². The molecule has 1 atom stereocenters. The number of nitrogens with one attached hydrogen (secondary N) is 1. The molecule has 0 spiro atoms. The van der Waals surface area contributed by atoms with Crippen LogP contribution in [0.2, 0.25) is 0 Å². The van der Waals surface area contributed by atoms with E-state index in [-0.39, 0.29) is 0 Å². The lowest BCUT2D eigenvalue weighted by Gasteiger charge is -2.35. The molecule has 0 amide bonds. The molecule has 1 saturated heterocycles. The quantitative estimate of drug-likeness (QED) is 0.914. The fraction of sp³-hybridized carbons (Fsp3) is 0.562. The second-order valence-corrected chi connectivity index (χ2v) is 6.71. The van der Waals surface area contributed by atoms with Crippen LogP contribution in [0.25, 0.3) is 0 Å². The third kappa shape index (κ3) is 3.97. The number of nitrogens with zero attached hydrogens (tertiary/aromatic N) is 2. The summed E-state index contributed by atoms with van der Waals surface area (Å²) in [5.74, 6) is 0.664. The van der Waals surface area contributed by atoms with Crippen LogP contribution in [0.15, 0.2) is 22.7 Å². The van der Waals surface area contributed by atoms with Gasteiger partial charge in [0.25, 0.3) is 0 Å². The molecule has 2 rings (SSSR count). The van der Waals surface area contributed by atoms with Crippen molar-refractivity contribution in [1.82, 2.24) is 5.32 Å². The molecule has 0 radical (unpaired) electrons. The molecule has 1 fully saturated rings. The molecule has 0 aliphatic carbocycles. The largest absolute Gasteiger partial charge is 0.370 e. The number of nitriles is 1. The number of hydrogen-bond donors (Lipinski definition) is 1. The van der Waals surface area contributed by atoms with Crippen LogP contribution in [0.3, 0.4) is 0 Å². The first kappa shape index (κ1) is 15.3. The van der Waals surface area contributed by atoms with Crippen molar-refractivity contribution >= 4 is 21.6 Å². The second kappa shape index (κ2) is 7.10. The number of anilines is 1. The van der Waals surface area contributed by atoms with Gasteiger partial charge in [-0.05, 0) is 43.5 Å². The van der Waals surface area contributed by atoms with Gasteiger partial charge in [0.1, 0.15) is 6.07 Å². The summed E-state index contributed by atoms with van der Waals surface area (Å²) in [4.78, 5) is 2.36. The van der Waals surface area contributed by atoms with E-state index in [1.165, 1.54) is 12.8 Å². The number of hydrogen-bond acceptors (Lipinski definition) is 3. The number of benzene rings is 1. The third-order valence-electron chi connectivity index (χ3n) is 3.75. The van der Waals surface area contributed by atoms with Crippen molar-refractivity contribution in [1.29, 1.82) is 5.26 Å². The molecule has 1 aromatic rings. The van der Waals surface area contributed by atoms with Gasteiger partial charge in [0.05, 0.1) is 11.3 Å². The van der Waals surface area contributed by atoms with E-state index in [0.717, 1.165) is 35.4 Å². The van der Waals surface area contributed by atoms with Gasteiger partial charge in [-0.15, -0.1) is 0 Å². The fourth-order valence-electron chi connectivity index (χ4n) is 2.71. The first-order valence-corrected chi connectivity index (χ1v) is 8.07. The van der Waals surface area contributed by atoms with Gasteiger partial charge in [-0.3, -0.25) is 0 Å². The average Bonchev–Trinajstić information content (AvgIpc) is 2.45. The van der Waals surface area contributed by atoms with Crippen molar-refractivity contribution in [3.05, 3.63) is 28.2 Å². The first-order valence-electron chi connectivity index (χ1n) is 7.28. The second-order valence-electron chi connectivity index (χ2n) is 5.79. The predicted octanol–water partition coefficient (Wildman–Crippen LogP) is 3.54. The van der Waals surface area contributed by atoms with Crippen LogP contribution in [0.5, 0.6) is 0 Å². The number of rotatable bonds is 4. The molecule has 1 aliphatic rings. The Morgan fingerprint density at radius 3 is 3.00 bits per heavy atom. The smallest absolute Gasteiger partial charge is 0.101 e. The summed E-state index contributed by atoms with van der Waals surface area (Å²) in [5.41, 5.74) is 1.83. The topological polar surface area (TPSA) is 39.1 Å². The average molecular weight is 336 g/mol. The Morgan fingerprint density at radius 2 is 2.30 bits per heavy atom. The predicted molar refractivity (Wildman–Crippen MR) is 86.9 cm³/mol. The maximum atomic E-state index is 9.28. The molecule has 1 aromatic carbocycles. The SMILES string of the molecule is CC(C)NCC1CCCN(c2cc(Br)ccc2C#N)C1. The number of halogens is 1. The molecule has 108 valence electrons. The summed E-state index contributed by atoms with van der Waals surface area (Å²) in [7, 11) is 0. The van der Waals surface area contributed by atoms with E-state index in [2.05, 4.69) is 52.1 Å². The normalized spacial score (nSPS) is 19.1. The van der Waals surface area contributed by atoms with Crippen LogP contribution in [0, 0.1) is 17.2 Å². The summed E-state index contributed by atoms with van der Waals surface area (Å²) in [6.45, 7) is 7.50. The Morgan fingerprint density at radius 1 is 1.50 bits per heavy atom. The van der Waals surface area contributed by atoms with Crippen LogP contribution < -0.4 is 10.2 Å². The summed E-state index contributed by atoms with van der Waals surface area (Å²) < 4.78 is 1.04. The Kier molecular flexibility index (Phi) is 5.45. The highest BCUT2D eigenvalue weighted by molar-refractivity contribution is 9.10. The Labute approximate surface area is 130 Å². The van der Waals surface area contributed by atoms with E-state index in [9.17, 15) is 5.26 Å². The van der Waals surface area contributed by atoms with Crippen molar-refractivity contribution < 1.29 is 0 Å². The van der Waals surface area contributed by atoms with Crippen molar-refractivity contribution in [2.45, 2.75) is 32.7 Å². The van der Waals surface area contributed by atoms with Crippen molar-refractivity contribution in [3.63, 3.8) is 0 Å². The highest BCUT2D eigenvalue weighted by Crippen LogP contribution is 2.28. The fourth-order valence-corrected chi connectivity index (χ4v) is 3.06. The van der Waals surface area contributed by atoms with Crippen molar-refractivity contribution in [2.24, 2.45) is 5.92 Å². The molecule has 1 N–H and O–H groups in total. The van der Waals surface area contributed by atoms with Gasteiger partial charge in [0.15, 0.2) is 0 Å². The van der Waals surface area contributed by atoms with Crippen LogP contribution in [-0.4, -0.2) is 25.7 Å². The van der Waals surface area contributed by atoms with E-state index in [4.69, 9.17) is 0 Å². The zero-order valence-corrected chi connectivity index (χ0v) is 13.8. The Hall–Kier alpha value is -1.05. The highest BCUT2D eigenvalue weighted by atomic mass is 79.9. The Balaban J connectivity index is 2.09. The molecular weight excluding hydrogens is 314 g/mol. The standard InChI is InChI=1S/C16H22BrN3/c1-12(2)19-10-13-4-3-7-20(11-13)16-8-15(17)6-5-14(16)9-18/h5-6,8,12-13,19H,3-4,7,10-11H2,1-2H3. The number of piperidine rings is 1. The third-order valence-corrected chi connectivity index (χ3v) is 4.25. The molecule has 4 heteroatoms. The van der Waals surface area contributed by atoms with Gasteiger partial charge >= 0.3 is 0 Å². The van der Waals surface area contributed by atoms with Gasteiger partial charge in [0, 0.05) is 23.6 Å². The van der Waals surface area contributed by atoms with Crippen molar-refractivity contribution in [2.75, 3.05) is 24.5 Å². The van der Waals surface area contributed by atoms with Crippen LogP contribution in [0.4, 0.5) is 5.69 Å². The minimum Gasteiger partial charge on any atom is -0.370 e. The van der Waals surface area contributed by atoms with E-state index >= 15 is 0 Å². The minimum absolute atomic E-state index is 0.533. The van der Waals surface area contributed by atoms with E-state index in [0.29, 0.717) is 12.0 Å². The van der Waals surface area contributed by atoms with E-state index in [1.807, 2.05) is 12.1 Å². The van der Waals surface area contributed by atoms with Crippen LogP contribution >= 0.6 is 15.9 Å². The van der Waals surface area contributed by atoms with E-state index < -0.39 is 0 Å². The maximum absolute atomic E-state index is 9.28. The van der Waals surface area contributed by atoms with Crippen LogP contribution in [0.1, 0.15) is 32.3 Å². The molecule has 0 saturated carbocycles. The van der Waals surface area contributed by atoms with Gasteiger partial charge in [-0.25, -0.2) is 0 Å². The lowest BCUT2D eigenvalue weighted by atomic mass is 9.96. The summed E-state index contributed by atoms with van der Waals surface area (Å²) >= 11 is 3.51. The molecule has 0 aromatic heterocycles. The monoisotopic (exact) mass is 335 g/mol. The van der Waals surface area contributed by atoms with Gasteiger partial charge in [0.2, 0.25) is 0 Å². The molecule has 20 heavy (non-hydrogen) atoms. The lowest BCUT2D eigenvalue weighted by molar-refractivity contribution is 0.379. The zero-order chi connectivity index (χ0) is 14.5. The van der Waals surface area contributed by atoms with Crippen molar-refractivity contribution in [3.8, 4) is 6.07 Å². The van der Waals surface area contributed by atoms with Gasteiger partial charge in [-0.2, -0.15) is 5.26 Å². The van der Waals surface area contributed by atoms with Gasteiger partial charge < -0.3 is 10.2 Å². The molecule has 1 heterocycles. The first-order chi connectivity index (χ1) is 9.60. The molecule has 0 bridgehead atoms. The summed E-state index contributed by atoms with van der Waals surface area (Å²) in [5, 5.41) is 12.8. The lowest BCUT2D eigenvalue weighted by Crippen LogP contribution is -2.41. The maximum Gasteiger partial charge on any atom is 0.101 e. The zero-order valence-electron chi connectivity index (χ0n) is 12.2. The Bertz CT molecular complexity index is 493. The minimum atomic E-state index is 0.533. The molecule has 3 nitrogen and oxygen atoms in total.